The zero-order valence-electron chi connectivity index (χ0n) is 11.1. The van der Waals surface area contributed by atoms with Gasteiger partial charge in [0.15, 0.2) is 0 Å². The van der Waals surface area contributed by atoms with Crippen molar-refractivity contribution >= 4 is 27.0 Å². The van der Waals surface area contributed by atoms with Crippen LogP contribution < -0.4 is 5.73 Å². The molecule has 0 radical (unpaired) electrons. The van der Waals surface area contributed by atoms with Gasteiger partial charge in [0.1, 0.15) is 5.82 Å². The SMILES string of the molecule is NC(Cc1cc(Br)ccc1F)c1ccc2nccnc2c1. The quantitative estimate of drug-likeness (QED) is 0.785. The molecule has 0 aliphatic heterocycles. The van der Waals surface area contributed by atoms with E-state index >= 15 is 0 Å². The third kappa shape index (κ3) is 3.09. The lowest BCUT2D eigenvalue weighted by Gasteiger charge is -2.13. The number of nitrogens with two attached hydrogens (primary N) is 1. The van der Waals surface area contributed by atoms with Crippen molar-refractivity contribution in [3.05, 3.63) is 70.2 Å². The predicted molar refractivity (Wildman–Crippen MR) is 84.3 cm³/mol. The van der Waals surface area contributed by atoms with E-state index < -0.39 is 0 Å². The first-order chi connectivity index (χ1) is 10.1. The molecule has 0 saturated heterocycles. The number of rotatable bonds is 3. The predicted octanol–water partition coefficient (Wildman–Crippen LogP) is 3.77. The Labute approximate surface area is 130 Å². The molecule has 0 fully saturated rings. The highest BCUT2D eigenvalue weighted by Gasteiger charge is 2.12. The number of aromatic nitrogens is 2. The van der Waals surface area contributed by atoms with Crippen LogP contribution >= 0.6 is 15.9 Å². The Hall–Kier alpha value is -1.85. The van der Waals surface area contributed by atoms with E-state index in [0.717, 1.165) is 21.1 Å². The largest absolute Gasteiger partial charge is 0.324 e. The van der Waals surface area contributed by atoms with Gasteiger partial charge in [0.2, 0.25) is 0 Å². The van der Waals surface area contributed by atoms with Gasteiger partial charge in [0.05, 0.1) is 11.0 Å². The molecular weight excluding hydrogens is 333 g/mol. The van der Waals surface area contributed by atoms with Crippen LogP contribution in [0.1, 0.15) is 17.2 Å². The van der Waals surface area contributed by atoms with Crippen LogP contribution in [0.15, 0.2) is 53.3 Å². The molecule has 0 spiro atoms. The van der Waals surface area contributed by atoms with E-state index in [-0.39, 0.29) is 11.9 Å². The van der Waals surface area contributed by atoms with E-state index in [0.29, 0.717) is 12.0 Å². The third-order valence-electron chi connectivity index (χ3n) is 3.37. The first-order valence-corrected chi connectivity index (χ1v) is 7.33. The molecule has 0 bridgehead atoms. The smallest absolute Gasteiger partial charge is 0.126 e. The summed E-state index contributed by atoms with van der Waals surface area (Å²) in [6.45, 7) is 0. The molecule has 3 nitrogen and oxygen atoms in total. The van der Waals surface area contributed by atoms with Crippen molar-refractivity contribution in [2.75, 3.05) is 0 Å². The number of halogens is 2. The second-order valence-electron chi connectivity index (χ2n) is 4.85. The molecule has 5 heteroatoms. The van der Waals surface area contributed by atoms with Gasteiger partial charge in [-0.25, -0.2) is 4.39 Å². The van der Waals surface area contributed by atoms with Crippen molar-refractivity contribution in [1.29, 1.82) is 0 Å². The van der Waals surface area contributed by atoms with Crippen molar-refractivity contribution in [2.45, 2.75) is 12.5 Å². The molecule has 0 aliphatic carbocycles. The van der Waals surface area contributed by atoms with Crippen molar-refractivity contribution in [3.63, 3.8) is 0 Å². The molecule has 3 rings (SSSR count). The minimum atomic E-state index is -0.291. The van der Waals surface area contributed by atoms with Crippen LogP contribution in [0.4, 0.5) is 4.39 Å². The summed E-state index contributed by atoms with van der Waals surface area (Å²) in [4.78, 5) is 8.49. The summed E-state index contributed by atoms with van der Waals surface area (Å²) < 4.78 is 14.6. The maximum absolute atomic E-state index is 13.8. The van der Waals surface area contributed by atoms with Crippen molar-refractivity contribution < 1.29 is 4.39 Å². The fourth-order valence-corrected chi connectivity index (χ4v) is 2.67. The van der Waals surface area contributed by atoms with Gasteiger partial charge < -0.3 is 5.73 Å². The van der Waals surface area contributed by atoms with E-state index in [1.54, 1.807) is 24.5 Å². The summed E-state index contributed by atoms with van der Waals surface area (Å²) in [5.41, 5.74) is 9.33. The van der Waals surface area contributed by atoms with Gasteiger partial charge in [-0.1, -0.05) is 22.0 Å². The van der Waals surface area contributed by atoms with Crippen molar-refractivity contribution in [2.24, 2.45) is 5.73 Å². The van der Waals surface area contributed by atoms with E-state index in [1.807, 2.05) is 18.2 Å². The van der Waals surface area contributed by atoms with E-state index in [1.165, 1.54) is 6.07 Å². The Kier molecular flexibility index (Phi) is 3.94. The summed E-state index contributed by atoms with van der Waals surface area (Å²) in [5, 5.41) is 0. The fourth-order valence-electron chi connectivity index (χ4n) is 2.27. The summed E-state index contributed by atoms with van der Waals surface area (Å²) in [7, 11) is 0. The molecule has 106 valence electrons. The number of hydrogen-bond donors (Lipinski definition) is 1. The standard InChI is InChI=1S/C16H13BrFN3/c17-12-2-3-13(18)11(7-12)8-14(19)10-1-4-15-16(9-10)21-6-5-20-15/h1-7,9,14H,8,19H2. The molecule has 1 aromatic heterocycles. The summed E-state index contributed by atoms with van der Waals surface area (Å²) in [6, 6.07) is 10.3. The van der Waals surface area contributed by atoms with E-state index in [4.69, 9.17) is 5.73 Å². The molecule has 3 aromatic rings. The second-order valence-corrected chi connectivity index (χ2v) is 5.77. The van der Waals surface area contributed by atoms with Gasteiger partial charge in [-0.05, 0) is 47.9 Å². The van der Waals surface area contributed by atoms with Gasteiger partial charge in [0, 0.05) is 22.9 Å². The molecule has 2 N–H and O–H groups in total. The summed E-state index contributed by atoms with van der Waals surface area (Å²) >= 11 is 3.35. The Morgan fingerprint density at radius 3 is 2.62 bits per heavy atom. The van der Waals surface area contributed by atoms with Gasteiger partial charge in [-0.3, -0.25) is 9.97 Å². The van der Waals surface area contributed by atoms with Crippen LogP contribution in [0, 0.1) is 5.82 Å². The number of benzene rings is 2. The van der Waals surface area contributed by atoms with E-state index in [9.17, 15) is 4.39 Å². The molecule has 2 aromatic carbocycles. The second kappa shape index (κ2) is 5.87. The van der Waals surface area contributed by atoms with Crippen molar-refractivity contribution in [3.8, 4) is 0 Å². The molecular formula is C16H13BrFN3. The first-order valence-electron chi connectivity index (χ1n) is 6.53. The van der Waals surface area contributed by atoms with Crippen LogP contribution in [-0.2, 0) is 6.42 Å². The van der Waals surface area contributed by atoms with Gasteiger partial charge in [-0.2, -0.15) is 0 Å². The Morgan fingerprint density at radius 1 is 1.05 bits per heavy atom. The lowest BCUT2D eigenvalue weighted by atomic mass is 9.99. The van der Waals surface area contributed by atoms with Crippen molar-refractivity contribution in [1.82, 2.24) is 9.97 Å². The third-order valence-corrected chi connectivity index (χ3v) is 3.86. The average Bonchev–Trinajstić information content (AvgIpc) is 2.50. The van der Waals surface area contributed by atoms with Gasteiger partial charge in [0.25, 0.3) is 0 Å². The molecule has 1 unspecified atom stereocenters. The number of nitrogens with zero attached hydrogens (tertiary/aromatic N) is 2. The van der Waals surface area contributed by atoms with Crippen LogP contribution in [0.25, 0.3) is 11.0 Å². The van der Waals surface area contributed by atoms with Crippen LogP contribution in [-0.4, -0.2) is 9.97 Å². The number of fused-ring (bicyclic) bond motifs is 1. The maximum Gasteiger partial charge on any atom is 0.126 e. The van der Waals surface area contributed by atoms with Gasteiger partial charge in [-0.15, -0.1) is 0 Å². The molecule has 1 atom stereocenters. The first kappa shape index (κ1) is 14.1. The highest BCUT2D eigenvalue weighted by molar-refractivity contribution is 9.10. The average molecular weight is 346 g/mol. The Balaban J connectivity index is 1.89. The van der Waals surface area contributed by atoms with E-state index in [2.05, 4.69) is 25.9 Å². The number of hydrogen-bond acceptors (Lipinski definition) is 3. The fraction of sp³-hybridized carbons (Fsp3) is 0.125. The monoisotopic (exact) mass is 345 g/mol. The lowest BCUT2D eigenvalue weighted by molar-refractivity contribution is 0.593. The normalized spacial score (nSPS) is 12.5. The summed E-state index contributed by atoms with van der Waals surface area (Å²) in [6.07, 6.45) is 3.72. The minimum Gasteiger partial charge on any atom is -0.324 e. The molecule has 0 saturated carbocycles. The molecule has 1 heterocycles. The molecule has 0 amide bonds. The highest BCUT2D eigenvalue weighted by Crippen LogP contribution is 2.23. The Bertz CT molecular complexity index is 791. The Morgan fingerprint density at radius 2 is 1.81 bits per heavy atom. The van der Waals surface area contributed by atoms with Crippen LogP contribution in [0.3, 0.4) is 0 Å². The van der Waals surface area contributed by atoms with Gasteiger partial charge >= 0.3 is 0 Å². The molecule has 0 aliphatic rings. The zero-order valence-corrected chi connectivity index (χ0v) is 12.7. The van der Waals surface area contributed by atoms with Crippen LogP contribution in [0.5, 0.6) is 0 Å². The minimum absolute atomic E-state index is 0.241. The molecule has 21 heavy (non-hydrogen) atoms. The summed E-state index contributed by atoms with van der Waals surface area (Å²) in [5.74, 6) is -0.241. The lowest BCUT2D eigenvalue weighted by Crippen LogP contribution is -2.14. The topological polar surface area (TPSA) is 51.8 Å². The maximum atomic E-state index is 13.8. The highest BCUT2D eigenvalue weighted by atomic mass is 79.9. The zero-order chi connectivity index (χ0) is 14.8. The van der Waals surface area contributed by atoms with Crippen LogP contribution in [0.2, 0.25) is 0 Å².